The molecule has 7 nitrogen and oxygen atoms in total. The number of aliphatic hydroxyl groups is 3. The molecule has 0 spiro atoms. The smallest absolute Gasteiger partial charge is 0.185 e. The topological polar surface area (TPSA) is 117 Å². The highest BCUT2D eigenvalue weighted by Crippen LogP contribution is 2.21. The first kappa shape index (κ1) is 14.8. The van der Waals surface area contributed by atoms with Crippen LogP contribution in [0.5, 0.6) is 0 Å². The van der Waals surface area contributed by atoms with Crippen LogP contribution in [0.3, 0.4) is 0 Å². The van der Waals surface area contributed by atoms with E-state index in [-0.39, 0.29) is 6.61 Å². The summed E-state index contributed by atoms with van der Waals surface area (Å²) in [4.78, 5) is 0. The summed E-state index contributed by atoms with van der Waals surface area (Å²) >= 11 is 0. The first-order chi connectivity index (χ1) is 8.15. The van der Waals surface area contributed by atoms with E-state index in [0.29, 0.717) is 13.1 Å². The Morgan fingerprint density at radius 2 is 2.06 bits per heavy atom. The van der Waals surface area contributed by atoms with Crippen molar-refractivity contribution in [1.82, 2.24) is 5.32 Å². The van der Waals surface area contributed by atoms with E-state index in [1.807, 2.05) is 0 Å². The van der Waals surface area contributed by atoms with E-state index in [2.05, 4.69) is 5.32 Å². The third-order valence-electron chi connectivity index (χ3n) is 2.88. The standard InChI is InChI=1S/C10H22N2O5/c1-16-10-9(15)7(12-4-2-3-11)8(14)6(5-13)17-10/h6-10,12-15H,2-5,11H2,1H3/t6-,7-,8-,9+,10+/m1/s1. The molecule has 6 N–H and O–H groups in total. The molecule has 0 unspecified atom stereocenters. The molecule has 7 heteroatoms. The van der Waals surface area contributed by atoms with Gasteiger partial charge in [-0.15, -0.1) is 0 Å². The van der Waals surface area contributed by atoms with Gasteiger partial charge in [0.15, 0.2) is 6.29 Å². The number of ether oxygens (including phenoxy) is 2. The maximum Gasteiger partial charge on any atom is 0.185 e. The van der Waals surface area contributed by atoms with Crippen LogP contribution in [0.15, 0.2) is 0 Å². The Labute approximate surface area is 101 Å². The number of rotatable bonds is 6. The van der Waals surface area contributed by atoms with Crippen LogP contribution in [0, 0.1) is 0 Å². The van der Waals surface area contributed by atoms with Gasteiger partial charge in [-0.05, 0) is 19.5 Å². The van der Waals surface area contributed by atoms with Crippen molar-refractivity contribution >= 4 is 0 Å². The molecule has 0 aromatic carbocycles. The molecule has 1 fully saturated rings. The van der Waals surface area contributed by atoms with Crippen molar-refractivity contribution in [2.75, 3.05) is 26.8 Å². The monoisotopic (exact) mass is 250 g/mol. The van der Waals surface area contributed by atoms with Gasteiger partial charge < -0.3 is 35.8 Å². The molecule has 5 atom stereocenters. The number of methoxy groups -OCH3 is 1. The third-order valence-corrected chi connectivity index (χ3v) is 2.88. The second kappa shape index (κ2) is 7.22. The fourth-order valence-electron chi connectivity index (χ4n) is 1.89. The van der Waals surface area contributed by atoms with E-state index in [1.165, 1.54) is 7.11 Å². The summed E-state index contributed by atoms with van der Waals surface area (Å²) in [6.45, 7) is 0.770. The van der Waals surface area contributed by atoms with Crippen LogP contribution in [0.25, 0.3) is 0 Å². The Kier molecular flexibility index (Phi) is 6.28. The van der Waals surface area contributed by atoms with Crippen molar-refractivity contribution in [3.05, 3.63) is 0 Å². The molecule has 0 aromatic heterocycles. The number of nitrogens with one attached hydrogen (secondary N) is 1. The van der Waals surface area contributed by atoms with Gasteiger partial charge in [-0.3, -0.25) is 0 Å². The molecule has 0 radical (unpaired) electrons. The lowest BCUT2D eigenvalue weighted by molar-refractivity contribution is -0.271. The Morgan fingerprint density at radius 3 is 2.59 bits per heavy atom. The van der Waals surface area contributed by atoms with E-state index >= 15 is 0 Å². The summed E-state index contributed by atoms with van der Waals surface area (Å²) in [6.07, 6.45) is -2.86. The lowest BCUT2D eigenvalue weighted by Crippen LogP contribution is -2.64. The van der Waals surface area contributed by atoms with Gasteiger partial charge in [0.1, 0.15) is 18.3 Å². The molecule has 1 aliphatic rings. The zero-order valence-electron chi connectivity index (χ0n) is 9.95. The summed E-state index contributed by atoms with van der Waals surface area (Å²) < 4.78 is 10.2. The molecule has 0 saturated carbocycles. The molecule has 1 saturated heterocycles. The highest BCUT2D eigenvalue weighted by Gasteiger charge is 2.44. The number of hydrogen-bond acceptors (Lipinski definition) is 7. The van der Waals surface area contributed by atoms with Gasteiger partial charge in [0, 0.05) is 7.11 Å². The van der Waals surface area contributed by atoms with Crippen LogP contribution in [0.2, 0.25) is 0 Å². The minimum absolute atomic E-state index is 0.331. The number of nitrogens with two attached hydrogens (primary N) is 1. The average Bonchev–Trinajstić information content (AvgIpc) is 2.34. The lowest BCUT2D eigenvalue weighted by atomic mass is 9.96. The second-order valence-electron chi connectivity index (χ2n) is 4.06. The van der Waals surface area contributed by atoms with Gasteiger partial charge in [-0.1, -0.05) is 0 Å². The van der Waals surface area contributed by atoms with E-state index < -0.39 is 30.6 Å². The highest BCUT2D eigenvalue weighted by atomic mass is 16.7. The Morgan fingerprint density at radius 1 is 1.35 bits per heavy atom. The zero-order valence-corrected chi connectivity index (χ0v) is 9.95. The van der Waals surface area contributed by atoms with E-state index in [4.69, 9.17) is 20.3 Å². The van der Waals surface area contributed by atoms with Crippen molar-refractivity contribution < 1.29 is 24.8 Å². The molecule has 1 aliphatic heterocycles. The molecule has 17 heavy (non-hydrogen) atoms. The summed E-state index contributed by atoms with van der Waals surface area (Å²) in [7, 11) is 1.40. The van der Waals surface area contributed by atoms with Crippen molar-refractivity contribution in [3.63, 3.8) is 0 Å². The Balaban J connectivity index is 2.61. The zero-order chi connectivity index (χ0) is 12.8. The largest absolute Gasteiger partial charge is 0.394 e. The van der Waals surface area contributed by atoms with Gasteiger partial charge in [0.05, 0.1) is 12.6 Å². The van der Waals surface area contributed by atoms with Gasteiger partial charge in [-0.25, -0.2) is 0 Å². The fourth-order valence-corrected chi connectivity index (χ4v) is 1.89. The van der Waals surface area contributed by atoms with Crippen molar-refractivity contribution in [3.8, 4) is 0 Å². The molecule has 102 valence electrons. The van der Waals surface area contributed by atoms with Gasteiger partial charge in [0.25, 0.3) is 0 Å². The van der Waals surface area contributed by atoms with Crippen LogP contribution in [0.1, 0.15) is 6.42 Å². The quantitative estimate of drug-likeness (QED) is 0.328. The second-order valence-corrected chi connectivity index (χ2v) is 4.06. The molecule has 0 bridgehead atoms. The Bertz CT molecular complexity index is 203. The van der Waals surface area contributed by atoms with Crippen molar-refractivity contribution in [1.29, 1.82) is 0 Å². The van der Waals surface area contributed by atoms with Crippen LogP contribution < -0.4 is 11.1 Å². The molecule has 1 heterocycles. The van der Waals surface area contributed by atoms with Gasteiger partial charge in [0.2, 0.25) is 0 Å². The predicted octanol–water partition coefficient (Wildman–Crippen LogP) is -2.62. The maximum atomic E-state index is 9.93. The molecule has 1 rings (SSSR count). The summed E-state index contributed by atoms with van der Waals surface area (Å²) in [5, 5.41) is 31.9. The van der Waals surface area contributed by atoms with Crippen LogP contribution >= 0.6 is 0 Å². The molecule has 0 aliphatic carbocycles. The number of aliphatic hydroxyl groups excluding tert-OH is 3. The molecular weight excluding hydrogens is 228 g/mol. The molecule has 0 amide bonds. The summed E-state index contributed by atoms with van der Waals surface area (Å²) in [6, 6.07) is -0.600. The van der Waals surface area contributed by atoms with E-state index in [1.54, 1.807) is 0 Å². The first-order valence-electron chi connectivity index (χ1n) is 5.74. The molecule has 0 aromatic rings. The SMILES string of the molecule is CO[C@H]1O[C@H](CO)[C@@H](O)[C@@H](NCCCN)[C@@H]1O. The van der Waals surface area contributed by atoms with E-state index in [9.17, 15) is 10.2 Å². The van der Waals surface area contributed by atoms with Crippen molar-refractivity contribution in [2.45, 2.75) is 37.1 Å². The first-order valence-corrected chi connectivity index (χ1v) is 5.74. The molecular formula is C10H22N2O5. The summed E-state index contributed by atoms with van der Waals surface area (Å²) in [5.41, 5.74) is 5.37. The summed E-state index contributed by atoms with van der Waals surface area (Å²) in [5.74, 6) is 0. The highest BCUT2D eigenvalue weighted by molar-refractivity contribution is 4.93. The maximum absolute atomic E-state index is 9.93. The van der Waals surface area contributed by atoms with Crippen molar-refractivity contribution in [2.24, 2.45) is 5.73 Å². The van der Waals surface area contributed by atoms with Crippen LogP contribution in [-0.4, -0.2) is 72.8 Å². The third kappa shape index (κ3) is 3.59. The lowest BCUT2D eigenvalue weighted by Gasteiger charge is -2.42. The Hall–Kier alpha value is -0.280. The average molecular weight is 250 g/mol. The predicted molar refractivity (Wildman–Crippen MR) is 60.2 cm³/mol. The van der Waals surface area contributed by atoms with Gasteiger partial charge >= 0.3 is 0 Å². The van der Waals surface area contributed by atoms with Crippen LogP contribution in [-0.2, 0) is 9.47 Å². The number of hydrogen-bond donors (Lipinski definition) is 5. The van der Waals surface area contributed by atoms with E-state index in [0.717, 1.165) is 6.42 Å². The van der Waals surface area contributed by atoms with Crippen LogP contribution in [0.4, 0.5) is 0 Å². The van der Waals surface area contributed by atoms with Gasteiger partial charge in [-0.2, -0.15) is 0 Å². The minimum atomic E-state index is -0.990. The fraction of sp³-hybridized carbons (Fsp3) is 1.00. The minimum Gasteiger partial charge on any atom is -0.394 e. The normalized spacial score (nSPS) is 38.3.